The fourth-order valence-corrected chi connectivity index (χ4v) is 4.60. The number of nitrogens with zero attached hydrogens (tertiary/aromatic N) is 1. The molecular formula is C16H19NO2S2. The van der Waals surface area contributed by atoms with Crippen LogP contribution in [0.5, 0.6) is 0 Å². The standard InChI is InChI=1S/C16H19NO2S2/c1-21(18,19)16-10-9-15(20-16)13-5-7-14(8-6-13)17-11-3-2-4-12-17/h5-10H,2-4,11-12H2,1H3. The lowest BCUT2D eigenvalue weighted by atomic mass is 10.1. The molecule has 5 heteroatoms. The first kappa shape index (κ1) is 14.6. The minimum absolute atomic E-state index is 0.428. The molecule has 0 unspecified atom stereocenters. The minimum atomic E-state index is -3.10. The monoisotopic (exact) mass is 321 g/mol. The first-order chi connectivity index (χ1) is 10.0. The van der Waals surface area contributed by atoms with Crippen LogP contribution in [0, 0.1) is 0 Å². The Hall–Kier alpha value is -1.33. The van der Waals surface area contributed by atoms with E-state index in [2.05, 4.69) is 29.2 Å². The van der Waals surface area contributed by atoms with Gasteiger partial charge in [-0.3, -0.25) is 0 Å². The van der Waals surface area contributed by atoms with Crippen LogP contribution < -0.4 is 4.90 Å². The van der Waals surface area contributed by atoms with E-state index in [9.17, 15) is 8.42 Å². The highest BCUT2D eigenvalue weighted by Gasteiger charge is 2.13. The van der Waals surface area contributed by atoms with Crippen molar-refractivity contribution in [2.45, 2.75) is 23.5 Å². The summed E-state index contributed by atoms with van der Waals surface area (Å²) in [6, 6.07) is 12.0. The lowest BCUT2D eigenvalue weighted by Gasteiger charge is -2.28. The van der Waals surface area contributed by atoms with Crippen molar-refractivity contribution in [3.8, 4) is 10.4 Å². The van der Waals surface area contributed by atoms with Gasteiger partial charge in [0.15, 0.2) is 9.84 Å². The molecular weight excluding hydrogens is 302 g/mol. The number of benzene rings is 1. The largest absolute Gasteiger partial charge is 0.372 e. The molecule has 2 aromatic rings. The highest BCUT2D eigenvalue weighted by molar-refractivity contribution is 7.92. The first-order valence-electron chi connectivity index (χ1n) is 7.19. The Morgan fingerprint density at radius 3 is 2.19 bits per heavy atom. The van der Waals surface area contributed by atoms with Crippen LogP contribution in [0.3, 0.4) is 0 Å². The lowest BCUT2D eigenvalue weighted by molar-refractivity contribution is 0.578. The van der Waals surface area contributed by atoms with E-state index in [0.717, 1.165) is 23.5 Å². The zero-order valence-electron chi connectivity index (χ0n) is 12.1. The zero-order chi connectivity index (χ0) is 14.9. The molecule has 0 atom stereocenters. The van der Waals surface area contributed by atoms with Crippen LogP contribution in [0.2, 0.25) is 0 Å². The Kier molecular flexibility index (Phi) is 4.04. The molecule has 1 saturated heterocycles. The maximum absolute atomic E-state index is 11.5. The van der Waals surface area contributed by atoms with E-state index in [-0.39, 0.29) is 0 Å². The molecule has 3 nitrogen and oxygen atoms in total. The van der Waals surface area contributed by atoms with Gasteiger partial charge in [0.2, 0.25) is 0 Å². The van der Waals surface area contributed by atoms with Gasteiger partial charge in [-0.2, -0.15) is 0 Å². The minimum Gasteiger partial charge on any atom is -0.372 e. The van der Waals surface area contributed by atoms with Crippen molar-refractivity contribution in [2.75, 3.05) is 24.2 Å². The van der Waals surface area contributed by atoms with Crippen molar-refractivity contribution in [2.24, 2.45) is 0 Å². The molecule has 0 radical (unpaired) electrons. The van der Waals surface area contributed by atoms with Crippen LogP contribution >= 0.6 is 11.3 Å². The van der Waals surface area contributed by atoms with Crippen molar-refractivity contribution in [1.82, 2.24) is 0 Å². The zero-order valence-corrected chi connectivity index (χ0v) is 13.7. The smallest absolute Gasteiger partial charge is 0.184 e. The Morgan fingerprint density at radius 1 is 0.952 bits per heavy atom. The van der Waals surface area contributed by atoms with Gasteiger partial charge >= 0.3 is 0 Å². The van der Waals surface area contributed by atoms with Gasteiger partial charge in [-0.15, -0.1) is 11.3 Å². The fourth-order valence-electron chi connectivity index (χ4n) is 2.66. The molecule has 1 aromatic carbocycles. The van der Waals surface area contributed by atoms with Crippen LogP contribution in [-0.4, -0.2) is 27.8 Å². The SMILES string of the molecule is CS(=O)(=O)c1ccc(-c2ccc(N3CCCCC3)cc2)s1. The lowest BCUT2D eigenvalue weighted by Crippen LogP contribution is -2.29. The molecule has 3 rings (SSSR count). The topological polar surface area (TPSA) is 37.4 Å². The number of thiophene rings is 1. The summed E-state index contributed by atoms with van der Waals surface area (Å²) in [6.07, 6.45) is 5.12. The van der Waals surface area contributed by atoms with Crippen LogP contribution in [0.1, 0.15) is 19.3 Å². The van der Waals surface area contributed by atoms with Gasteiger partial charge in [0.25, 0.3) is 0 Å². The number of hydrogen-bond acceptors (Lipinski definition) is 4. The highest BCUT2D eigenvalue weighted by atomic mass is 32.2. The number of hydrogen-bond donors (Lipinski definition) is 0. The van der Waals surface area contributed by atoms with Crippen molar-refractivity contribution in [3.05, 3.63) is 36.4 Å². The molecule has 0 N–H and O–H groups in total. The molecule has 0 saturated carbocycles. The molecule has 0 bridgehead atoms. The van der Waals surface area contributed by atoms with E-state index in [0.29, 0.717) is 4.21 Å². The molecule has 1 aliphatic heterocycles. The molecule has 1 fully saturated rings. The summed E-state index contributed by atoms with van der Waals surface area (Å²) in [5.74, 6) is 0. The quantitative estimate of drug-likeness (QED) is 0.862. The van der Waals surface area contributed by atoms with Gasteiger partial charge in [0, 0.05) is 29.9 Å². The van der Waals surface area contributed by atoms with Gasteiger partial charge in [0.1, 0.15) is 4.21 Å². The van der Waals surface area contributed by atoms with E-state index in [1.807, 2.05) is 6.07 Å². The van der Waals surface area contributed by atoms with Crippen molar-refractivity contribution < 1.29 is 8.42 Å². The second-order valence-electron chi connectivity index (χ2n) is 5.49. The van der Waals surface area contributed by atoms with Crippen molar-refractivity contribution in [1.29, 1.82) is 0 Å². The second kappa shape index (κ2) is 5.81. The molecule has 112 valence electrons. The second-order valence-corrected chi connectivity index (χ2v) is 8.81. The number of sulfone groups is 1. The number of rotatable bonds is 3. The van der Waals surface area contributed by atoms with Gasteiger partial charge in [-0.1, -0.05) is 12.1 Å². The third-order valence-corrected chi connectivity index (χ3v) is 6.77. The number of anilines is 1. The molecule has 21 heavy (non-hydrogen) atoms. The molecule has 0 spiro atoms. The molecule has 1 aliphatic rings. The van der Waals surface area contributed by atoms with Gasteiger partial charge in [0.05, 0.1) is 0 Å². The predicted molar refractivity (Wildman–Crippen MR) is 88.9 cm³/mol. The van der Waals surface area contributed by atoms with Crippen LogP contribution in [-0.2, 0) is 9.84 Å². The Bertz CT molecular complexity index is 711. The van der Waals surface area contributed by atoms with E-state index < -0.39 is 9.84 Å². The third-order valence-electron chi connectivity index (χ3n) is 3.82. The average molecular weight is 321 g/mol. The Morgan fingerprint density at radius 2 is 1.62 bits per heavy atom. The van der Waals surface area contributed by atoms with Gasteiger partial charge in [-0.25, -0.2) is 8.42 Å². The van der Waals surface area contributed by atoms with Crippen LogP contribution in [0.15, 0.2) is 40.6 Å². The third kappa shape index (κ3) is 3.30. The maximum Gasteiger partial charge on any atom is 0.184 e. The summed E-state index contributed by atoms with van der Waals surface area (Å²) in [5.41, 5.74) is 2.34. The summed E-state index contributed by atoms with van der Waals surface area (Å²) in [4.78, 5) is 3.42. The highest BCUT2D eigenvalue weighted by Crippen LogP contribution is 2.32. The summed E-state index contributed by atoms with van der Waals surface area (Å²) >= 11 is 1.33. The molecule has 2 heterocycles. The van der Waals surface area contributed by atoms with E-state index in [1.165, 1.54) is 42.5 Å². The Labute approximate surface area is 130 Å². The van der Waals surface area contributed by atoms with E-state index in [4.69, 9.17) is 0 Å². The summed E-state index contributed by atoms with van der Waals surface area (Å²) in [7, 11) is -3.10. The van der Waals surface area contributed by atoms with Gasteiger partial charge in [-0.05, 0) is 49.1 Å². The van der Waals surface area contributed by atoms with Crippen molar-refractivity contribution in [3.63, 3.8) is 0 Å². The van der Waals surface area contributed by atoms with Crippen LogP contribution in [0.25, 0.3) is 10.4 Å². The van der Waals surface area contributed by atoms with Crippen LogP contribution in [0.4, 0.5) is 5.69 Å². The van der Waals surface area contributed by atoms with Crippen molar-refractivity contribution >= 4 is 26.9 Å². The average Bonchev–Trinajstić information content (AvgIpc) is 2.98. The fraction of sp³-hybridized carbons (Fsp3) is 0.375. The maximum atomic E-state index is 11.5. The van der Waals surface area contributed by atoms with E-state index >= 15 is 0 Å². The summed E-state index contributed by atoms with van der Waals surface area (Å²) in [5, 5.41) is 0. The number of piperidine rings is 1. The normalized spacial score (nSPS) is 16.1. The molecule has 1 aromatic heterocycles. The summed E-state index contributed by atoms with van der Waals surface area (Å²) in [6.45, 7) is 2.27. The first-order valence-corrected chi connectivity index (χ1v) is 9.90. The Balaban J connectivity index is 1.82. The molecule has 0 aliphatic carbocycles. The van der Waals surface area contributed by atoms with E-state index in [1.54, 1.807) is 6.07 Å². The summed E-state index contributed by atoms with van der Waals surface area (Å²) < 4.78 is 23.5. The molecule has 0 amide bonds. The van der Waals surface area contributed by atoms with Gasteiger partial charge < -0.3 is 4.90 Å². The predicted octanol–water partition coefficient (Wildman–Crippen LogP) is 3.81.